The van der Waals surface area contributed by atoms with Crippen molar-refractivity contribution in [3.8, 4) is 0 Å². The predicted molar refractivity (Wildman–Crippen MR) is 136 cm³/mol. The molecule has 9 nitrogen and oxygen atoms in total. The summed E-state index contributed by atoms with van der Waals surface area (Å²) in [7, 11) is 3.44. The number of aliphatic hydroxyl groups excluding tert-OH is 1. The van der Waals surface area contributed by atoms with Gasteiger partial charge < -0.3 is 15.2 Å². The predicted octanol–water partition coefficient (Wildman–Crippen LogP) is 3.55. The van der Waals surface area contributed by atoms with Crippen molar-refractivity contribution in [2.75, 3.05) is 7.11 Å². The van der Waals surface area contributed by atoms with Gasteiger partial charge in [-0.25, -0.2) is 0 Å². The normalized spacial score (nSPS) is 17.2. The van der Waals surface area contributed by atoms with Gasteiger partial charge in [-0.05, 0) is 57.2 Å². The number of pyridine rings is 1. The number of rotatable bonds is 8. The number of methoxy groups -OCH3 is 1. The van der Waals surface area contributed by atoms with Crippen LogP contribution in [-0.4, -0.2) is 45.9 Å². The summed E-state index contributed by atoms with van der Waals surface area (Å²) in [6.45, 7) is 11.8. The van der Waals surface area contributed by atoms with Gasteiger partial charge in [-0.3, -0.25) is 20.0 Å². The number of ether oxygens (including phenoxy) is 1. The van der Waals surface area contributed by atoms with Crippen LogP contribution in [0.2, 0.25) is 0 Å². The molecule has 1 atom stereocenters. The maximum absolute atomic E-state index is 9.85. The molecular weight excluding hydrogens is 430 g/mol. The molecule has 1 fully saturated rings. The van der Waals surface area contributed by atoms with Crippen LogP contribution in [-0.2, 0) is 24.8 Å². The first-order chi connectivity index (χ1) is 16.4. The number of aliphatic hydroxyl groups is 1. The Balaban J connectivity index is 0.000000212. The van der Waals surface area contributed by atoms with Gasteiger partial charge in [0.05, 0.1) is 36.4 Å². The molecule has 34 heavy (non-hydrogen) atoms. The van der Waals surface area contributed by atoms with E-state index in [0.717, 1.165) is 41.2 Å². The van der Waals surface area contributed by atoms with Crippen molar-refractivity contribution in [1.29, 1.82) is 0 Å². The fourth-order valence-corrected chi connectivity index (χ4v) is 3.53. The second-order valence-corrected chi connectivity index (χ2v) is 8.33. The van der Waals surface area contributed by atoms with Crippen molar-refractivity contribution in [2.45, 2.75) is 58.2 Å². The summed E-state index contributed by atoms with van der Waals surface area (Å²) in [4.78, 5) is 12.3. The number of aliphatic imine (C=N–C) groups is 2. The van der Waals surface area contributed by atoms with Crippen LogP contribution in [0, 0.1) is 0 Å². The van der Waals surface area contributed by atoms with Crippen LogP contribution in [0.1, 0.15) is 61.8 Å². The molecule has 2 aromatic heterocycles. The first-order valence-electron chi connectivity index (χ1n) is 11.5. The van der Waals surface area contributed by atoms with E-state index < -0.39 is 6.23 Å². The Kier molecular flexibility index (Phi) is 8.59. The minimum absolute atomic E-state index is 0.298. The number of hydrogen-bond donors (Lipinski definition) is 3. The molecule has 9 heteroatoms. The molecule has 3 N–H and O–H groups in total. The highest BCUT2D eigenvalue weighted by Crippen LogP contribution is 2.39. The Morgan fingerprint density at radius 1 is 1.38 bits per heavy atom. The van der Waals surface area contributed by atoms with E-state index >= 15 is 0 Å². The third kappa shape index (κ3) is 6.32. The molecule has 0 aromatic carbocycles. The van der Waals surface area contributed by atoms with E-state index in [1.165, 1.54) is 25.6 Å². The van der Waals surface area contributed by atoms with Crippen molar-refractivity contribution in [3.63, 3.8) is 0 Å². The first-order valence-corrected chi connectivity index (χ1v) is 11.5. The second kappa shape index (κ2) is 11.6. The van der Waals surface area contributed by atoms with Gasteiger partial charge in [0.25, 0.3) is 6.02 Å². The van der Waals surface area contributed by atoms with Crippen molar-refractivity contribution in [2.24, 2.45) is 17.0 Å². The van der Waals surface area contributed by atoms with Crippen molar-refractivity contribution < 1.29 is 9.84 Å². The summed E-state index contributed by atoms with van der Waals surface area (Å²) < 4.78 is 6.91. The molecule has 3 heterocycles. The molecule has 0 amide bonds. The molecule has 182 valence electrons. The van der Waals surface area contributed by atoms with E-state index in [4.69, 9.17) is 4.74 Å². The quantitative estimate of drug-likeness (QED) is 0.515. The summed E-state index contributed by atoms with van der Waals surface area (Å²) in [6, 6.07) is 6.39. The molecule has 1 aliphatic carbocycles. The van der Waals surface area contributed by atoms with Gasteiger partial charge in [0.2, 0.25) is 0 Å². The highest BCUT2D eigenvalue weighted by molar-refractivity contribution is 5.77. The van der Waals surface area contributed by atoms with E-state index in [1.807, 2.05) is 30.8 Å². The minimum Gasteiger partial charge on any atom is -0.468 e. The maximum Gasteiger partial charge on any atom is 0.292 e. The fraction of sp³-hybridized carbons (Fsp3) is 0.440. The molecule has 0 saturated heterocycles. The summed E-state index contributed by atoms with van der Waals surface area (Å²) in [5.74, 6) is 1.39. The summed E-state index contributed by atoms with van der Waals surface area (Å²) >= 11 is 0. The van der Waals surface area contributed by atoms with Crippen LogP contribution in [0.25, 0.3) is 6.08 Å². The van der Waals surface area contributed by atoms with Gasteiger partial charge >= 0.3 is 0 Å². The lowest BCUT2D eigenvalue weighted by molar-refractivity contribution is 0.207. The molecule has 4 rings (SSSR count). The van der Waals surface area contributed by atoms with Crippen LogP contribution in [0.4, 0.5) is 5.69 Å². The number of nitrogens with zero attached hydrogens (tertiary/aromatic N) is 5. The average molecular weight is 466 g/mol. The Hall–Kier alpha value is -3.46. The molecule has 1 aliphatic heterocycles. The number of aryl methyl sites for hydroxylation is 2. The van der Waals surface area contributed by atoms with Crippen molar-refractivity contribution in [1.82, 2.24) is 25.4 Å². The lowest BCUT2D eigenvalue weighted by Crippen LogP contribution is -2.39. The van der Waals surface area contributed by atoms with Crippen LogP contribution >= 0.6 is 0 Å². The van der Waals surface area contributed by atoms with Gasteiger partial charge in [0.1, 0.15) is 5.82 Å². The molecule has 0 bridgehead atoms. The zero-order valence-corrected chi connectivity index (χ0v) is 20.5. The summed E-state index contributed by atoms with van der Waals surface area (Å²) in [5, 5.41) is 20.6. The number of amidine groups is 1. The third-order valence-electron chi connectivity index (χ3n) is 5.71. The standard InChI is InChI=1S/C14H23N5O2.C11H12N2/c1-5-6-10-7-11(19(3)18-10)8-15-12-9(2)13(20)17-14(16-12)21-4;1-3-9-11(12-2)7-6-10(13-9)8-4-5-8/h7,13,15,20H,5-6,8H2,1-4H3,(H,16,17);3,6-8H,1-2,4-5H2. The SMILES string of the molecule is C=Cc1nc(C2CC2)ccc1N=C.CCCc1cc(CNC2=C(C)C(O)N=C(OC)N2)n(C)n1. The molecule has 0 spiro atoms. The molecule has 1 saturated carbocycles. The lowest BCUT2D eigenvalue weighted by atomic mass is 10.2. The summed E-state index contributed by atoms with van der Waals surface area (Å²) in [5.41, 5.74) is 5.74. The van der Waals surface area contributed by atoms with E-state index in [-0.39, 0.29) is 0 Å². The second-order valence-electron chi connectivity index (χ2n) is 8.33. The Morgan fingerprint density at radius 3 is 2.76 bits per heavy atom. The zero-order valence-electron chi connectivity index (χ0n) is 20.5. The monoisotopic (exact) mass is 465 g/mol. The van der Waals surface area contributed by atoms with Crippen LogP contribution in [0.3, 0.4) is 0 Å². The van der Waals surface area contributed by atoms with Gasteiger partial charge in [-0.15, -0.1) is 0 Å². The molecule has 2 aromatic rings. The van der Waals surface area contributed by atoms with Gasteiger partial charge in [0, 0.05) is 24.2 Å². The van der Waals surface area contributed by atoms with Crippen LogP contribution < -0.4 is 10.6 Å². The zero-order chi connectivity index (χ0) is 24.7. The molecular formula is C25H35N7O2. The maximum atomic E-state index is 9.85. The van der Waals surface area contributed by atoms with Crippen LogP contribution in [0.5, 0.6) is 0 Å². The Labute approximate surface area is 201 Å². The number of hydrogen-bond acceptors (Lipinski definition) is 8. The van der Waals surface area contributed by atoms with Gasteiger partial charge in [0.15, 0.2) is 6.23 Å². The lowest BCUT2D eigenvalue weighted by Gasteiger charge is -2.23. The average Bonchev–Trinajstić information content (AvgIpc) is 3.63. The molecule has 1 unspecified atom stereocenters. The smallest absolute Gasteiger partial charge is 0.292 e. The number of nitrogens with one attached hydrogen (secondary N) is 2. The Bertz CT molecular complexity index is 1080. The fourth-order valence-electron chi connectivity index (χ4n) is 3.53. The highest BCUT2D eigenvalue weighted by atomic mass is 16.5. The van der Waals surface area contributed by atoms with Gasteiger partial charge in [-0.2, -0.15) is 10.1 Å². The van der Waals surface area contributed by atoms with Crippen LogP contribution in [0.15, 0.2) is 46.2 Å². The minimum atomic E-state index is -0.883. The van der Waals surface area contributed by atoms with E-state index in [0.29, 0.717) is 24.3 Å². The topological polar surface area (TPSA) is 109 Å². The van der Waals surface area contributed by atoms with Gasteiger partial charge in [-0.1, -0.05) is 19.9 Å². The van der Waals surface area contributed by atoms with E-state index in [2.05, 4.69) is 57.0 Å². The highest BCUT2D eigenvalue weighted by Gasteiger charge is 2.25. The largest absolute Gasteiger partial charge is 0.468 e. The third-order valence-corrected chi connectivity index (χ3v) is 5.71. The van der Waals surface area contributed by atoms with Crippen molar-refractivity contribution >= 4 is 24.5 Å². The van der Waals surface area contributed by atoms with Crippen molar-refractivity contribution in [3.05, 3.63) is 58.9 Å². The Morgan fingerprint density at radius 2 is 2.15 bits per heavy atom. The molecule has 0 radical (unpaired) electrons. The first kappa shape index (κ1) is 25.2. The summed E-state index contributed by atoms with van der Waals surface area (Å²) in [6.07, 6.45) is 5.44. The molecule has 2 aliphatic rings. The number of aromatic nitrogens is 3. The van der Waals surface area contributed by atoms with E-state index in [1.54, 1.807) is 6.08 Å². The van der Waals surface area contributed by atoms with E-state index in [9.17, 15) is 5.11 Å².